The molecule has 0 aliphatic carbocycles. The highest BCUT2D eigenvalue weighted by Gasteiger charge is 2.23. The summed E-state index contributed by atoms with van der Waals surface area (Å²) in [6.07, 6.45) is 4.72. The second-order valence-corrected chi connectivity index (χ2v) is 6.28. The number of ether oxygens (including phenoxy) is 1. The van der Waals surface area contributed by atoms with Crippen molar-refractivity contribution in [3.63, 3.8) is 0 Å². The van der Waals surface area contributed by atoms with Crippen LogP contribution in [0.25, 0.3) is 0 Å². The number of rotatable bonds is 6. The molecule has 18 heavy (non-hydrogen) atoms. The summed E-state index contributed by atoms with van der Waals surface area (Å²) in [6, 6.07) is 0. The molecule has 0 saturated heterocycles. The molecule has 1 heterocycles. The van der Waals surface area contributed by atoms with Gasteiger partial charge in [-0.1, -0.05) is 27.7 Å². The van der Waals surface area contributed by atoms with Gasteiger partial charge in [0.25, 0.3) is 0 Å². The Bertz CT molecular complexity index is 368. The smallest absolute Gasteiger partial charge is 0.159 e. The Balaban J connectivity index is 2.73. The second kappa shape index (κ2) is 6.46. The molecule has 3 nitrogen and oxygen atoms in total. The van der Waals surface area contributed by atoms with E-state index in [1.165, 1.54) is 0 Å². The summed E-state index contributed by atoms with van der Waals surface area (Å²) in [7, 11) is 1.69. The Morgan fingerprint density at radius 1 is 1.44 bits per heavy atom. The predicted octanol–water partition coefficient (Wildman–Crippen LogP) is 3.89. The topological polar surface area (TPSA) is 27.1 Å². The van der Waals surface area contributed by atoms with Crippen LogP contribution in [0.5, 0.6) is 5.75 Å². The number of methoxy groups -OCH3 is 1. The Morgan fingerprint density at radius 3 is 2.61 bits per heavy atom. The molecule has 0 amide bonds. The molecule has 0 radical (unpaired) electrons. The van der Waals surface area contributed by atoms with E-state index in [0.717, 1.165) is 37.3 Å². The molecule has 0 aromatic carbocycles. The van der Waals surface area contributed by atoms with Gasteiger partial charge in [0.05, 0.1) is 19.0 Å². The van der Waals surface area contributed by atoms with Gasteiger partial charge in [-0.05, 0) is 24.7 Å². The van der Waals surface area contributed by atoms with Gasteiger partial charge in [-0.2, -0.15) is 5.10 Å². The molecule has 1 aromatic rings. The minimum Gasteiger partial charge on any atom is -0.493 e. The van der Waals surface area contributed by atoms with E-state index in [2.05, 4.69) is 32.8 Å². The largest absolute Gasteiger partial charge is 0.493 e. The number of hydrogen-bond donors (Lipinski definition) is 0. The number of nitrogens with zero attached hydrogens (tertiary/aromatic N) is 2. The lowest BCUT2D eigenvalue weighted by Crippen LogP contribution is -2.21. The molecule has 0 N–H and O–H groups in total. The first-order valence-corrected chi connectivity index (χ1v) is 7.06. The lowest BCUT2D eigenvalue weighted by molar-refractivity contribution is 0.366. The Morgan fingerprint density at radius 2 is 2.11 bits per heavy atom. The Kier molecular flexibility index (Phi) is 5.51. The maximum Gasteiger partial charge on any atom is 0.159 e. The van der Waals surface area contributed by atoms with Crippen molar-refractivity contribution in [3.05, 3.63) is 11.9 Å². The first-order valence-electron chi connectivity index (χ1n) is 6.62. The fourth-order valence-corrected chi connectivity index (χ4v) is 2.03. The minimum atomic E-state index is 0.129. The van der Waals surface area contributed by atoms with Crippen molar-refractivity contribution in [2.24, 2.45) is 5.41 Å². The first-order chi connectivity index (χ1) is 8.40. The van der Waals surface area contributed by atoms with E-state index in [0.29, 0.717) is 0 Å². The molecule has 1 atom stereocenters. The standard InChI is InChI=1S/C14H25ClN2O/c1-6-9-17-11(12(18-5)10-16-17)7-8-13(15)14(2,3)4/h10,13H,6-9H2,1-5H3. The molecule has 0 spiro atoms. The third-order valence-electron chi connectivity index (χ3n) is 3.14. The van der Waals surface area contributed by atoms with E-state index in [1.807, 2.05) is 4.68 Å². The monoisotopic (exact) mass is 272 g/mol. The lowest BCUT2D eigenvalue weighted by atomic mass is 9.89. The van der Waals surface area contributed by atoms with E-state index in [1.54, 1.807) is 13.3 Å². The molecule has 0 saturated carbocycles. The van der Waals surface area contributed by atoms with Crippen molar-refractivity contribution in [3.8, 4) is 5.75 Å². The maximum absolute atomic E-state index is 6.43. The van der Waals surface area contributed by atoms with E-state index >= 15 is 0 Å². The van der Waals surface area contributed by atoms with Gasteiger partial charge in [0, 0.05) is 11.9 Å². The van der Waals surface area contributed by atoms with Crippen LogP contribution in [0.2, 0.25) is 0 Å². The van der Waals surface area contributed by atoms with Gasteiger partial charge < -0.3 is 4.74 Å². The Labute approximate surface area is 115 Å². The molecule has 1 rings (SSSR count). The summed E-state index contributed by atoms with van der Waals surface area (Å²) in [5, 5.41) is 4.52. The average molecular weight is 273 g/mol. The van der Waals surface area contributed by atoms with Crippen LogP contribution >= 0.6 is 11.6 Å². The summed E-state index contributed by atoms with van der Waals surface area (Å²) < 4.78 is 7.40. The molecule has 1 aromatic heterocycles. The fraction of sp³-hybridized carbons (Fsp3) is 0.786. The summed E-state index contributed by atoms with van der Waals surface area (Å²) >= 11 is 6.43. The summed E-state index contributed by atoms with van der Waals surface area (Å²) in [6.45, 7) is 9.60. The van der Waals surface area contributed by atoms with Gasteiger partial charge in [-0.15, -0.1) is 11.6 Å². The number of hydrogen-bond acceptors (Lipinski definition) is 2. The summed E-state index contributed by atoms with van der Waals surface area (Å²) in [5.41, 5.74) is 1.29. The van der Waals surface area contributed by atoms with Crippen LogP contribution in [0, 0.1) is 5.41 Å². The van der Waals surface area contributed by atoms with E-state index in [4.69, 9.17) is 16.3 Å². The molecule has 0 fully saturated rings. The van der Waals surface area contributed by atoms with Crippen molar-refractivity contribution < 1.29 is 4.74 Å². The van der Waals surface area contributed by atoms with Gasteiger partial charge in [-0.25, -0.2) is 0 Å². The molecule has 0 bridgehead atoms. The van der Waals surface area contributed by atoms with E-state index in [-0.39, 0.29) is 10.8 Å². The maximum atomic E-state index is 6.43. The minimum absolute atomic E-state index is 0.129. The Hall–Kier alpha value is -0.700. The van der Waals surface area contributed by atoms with Crippen LogP contribution < -0.4 is 4.74 Å². The molecular weight excluding hydrogens is 248 g/mol. The summed E-state index contributed by atoms with van der Waals surface area (Å²) in [5.74, 6) is 0.876. The van der Waals surface area contributed by atoms with Gasteiger partial charge in [-0.3, -0.25) is 4.68 Å². The van der Waals surface area contributed by atoms with Gasteiger partial charge >= 0.3 is 0 Å². The first kappa shape index (κ1) is 15.4. The van der Waals surface area contributed by atoms with Gasteiger partial charge in [0.15, 0.2) is 5.75 Å². The van der Waals surface area contributed by atoms with Crippen molar-refractivity contribution in [1.29, 1.82) is 0 Å². The molecule has 104 valence electrons. The molecule has 1 unspecified atom stereocenters. The van der Waals surface area contributed by atoms with Crippen LogP contribution in [-0.2, 0) is 13.0 Å². The zero-order valence-corrected chi connectivity index (χ0v) is 12.9. The second-order valence-electron chi connectivity index (χ2n) is 5.76. The molecule has 0 aliphatic heterocycles. The number of alkyl halides is 1. The van der Waals surface area contributed by atoms with Crippen LogP contribution in [0.1, 0.15) is 46.2 Å². The number of aryl methyl sites for hydroxylation is 1. The zero-order chi connectivity index (χ0) is 13.8. The predicted molar refractivity (Wildman–Crippen MR) is 76.5 cm³/mol. The van der Waals surface area contributed by atoms with E-state index < -0.39 is 0 Å². The molecule has 4 heteroatoms. The van der Waals surface area contributed by atoms with Crippen LogP contribution in [0.3, 0.4) is 0 Å². The number of halogens is 1. The molecular formula is C14H25ClN2O. The van der Waals surface area contributed by atoms with E-state index in [9.17, 15) is 0 Å². The average Bonchev–Trinajstić information content (AvgIpc) is 2.67. The highest BCUT2D eigenvalue weighted by Crippen LogP contribution is 2.29. The van der Waals surface area contributed by atoms with Crippen molar-refractivity contribution in [1.82, 2.24) is 9.78 Å². The van der Waals surface area contributed by atoms with Crippen molar-refractivity contribution >= 4 is 11.6 Å². The zero-order valence-electron chi connectivity index (χ0n) is 12.2. The number of aromatic nitrogens is 2. The van der Waals surface area contributed by atoms with Crippen molar-refractivity contribution in [2.75, 3.05) is 7.11 Å². The highest BCUT2D eigenvalue weighted by atomic mass is 35.5. The lowest BCUT2D eigenvalue weighted by Gasteiger charge is -2.25. The molecule has 0 aliphatic rings. The van der Waals surface area contributed by atoms with Crippen molar-refractivity contribution in [2.45, 2.75) is 58.9 Å². The SMILES string of the molecule is CCCn1ncc(OC)c1CCC(Cl)C(C)(C)C. The normalized spacial score (nSPS) is 13.7. The summed E-state index contributed by atoms with van der Waals surface area (Å²) in [4.78, 5) is 0. The van der Waals surface area contributed by atoms with Gasteiger partial charge in [0.2, 0.25) is 0 Å². The third kappa shape index (κ3) is 3.91. The van der Waals surface area contributed by atoms with Crippen LogP contribution in [0.15, 0.2) is 6.20 Å². The van der Waals surface area contributed by atoms with Gasteiger partial charge in [0.1, 0.15) is 0 Å². The highest BCUT2D eigenvalue weighted by molar-refractivity contribution is 6.21. The third-order valence-corrected chi connectivity index (χ3v) is 4.01. The quantitative estimate of drug-likeness (QED) is 0.735. The van der Waals surface area contributed by atoms with Crippen LogP contribution in [0.4, 0.5) is 0 Å². The fourth-order valence-electron chi connectivity index (χ4n) is 1.92. The van der Waals surface area contributed by atoms with Crippen LogP contribution in [-0.4, -0.2) is 22.3 Å².